The zero-order chi connectivity index (χ0) is 17.8. The molecular formula is C16H26N4O3. The van der Waals surface area contributed by atoms with Gasteiger partial charge in [-0.05, 0) is 53.7 Å². The first-order valence-electron chi connectivity index (χ1n) is 7.41. The van der Waals surface area contributed by atoms with E-state index in [0.717, 1.165) is 0 Å². The average Bonchev–Trinajstić information content (AvgIpc) is 2.30. The molecule has 1 amide bonds. The van der Waals surface area contributed by atoms with Crippen molar-refractivity contribution in [1.82, 2.24) is 9.88 Å². The Hall–Kier alpha value is -2.31. The molecule has 1 aromatic rings. The third kappa shape index (κ3) is 6.99. The summed E-state index contributed by atoms with van der Waals surface area (Å²) in [6, 6.07) is 3.19. The van der Waals surface area contributed by atoms with Crippen LogP contribution < -0.4 is 16.6 Å². The molecule has 0 radical (unpaired) electrons. The van der Waals surface area contributed by atoms with Gasteiger partial charge in [-0.15, -0.1) is 0 Å². The molecule has 23 heavy (non-hydrogen) atoms. The summed E-state index contributed by atoms with van der Waals surface area (Å²) in [7, 11) is 0. The van der Waals surface area contributed by atoms with Crippen LogP contribution in [0.3, 0.4) is 0 Å². The van der Waals surface area contributed by atoms with Crippen molar-refractivity contribution in [1.29, 1.82) is 0 Å². The third-order valence-corrected chi connectivity index (χ3v) is 2.49. The van der Waals surface area contributed by atoms with Gasteiger partial charge in [0.15, 0.2) is 0 Å². The second kappa shape index (κ2) is 6.85. The number of hydrogen-bond donors (Lipinski definition) is 2. The highest BCUT2D eigenvalue weighted by molar-refractivity contribution is 5.95. The number of nitrogens with one attached hydrogen (secondary N) is 1. The minimum absolute atomic E-state index is 0.0976. The van der Waals surface area contributed by atoms with Gasteiger partial charge in [-0.1, -0.05) is 0 Å². The fourth-order valence-corrected chi connectivity index (χ4v) is 1.77. The SMILES string of the molecule is CC(C)(C)N=C(Cn1cccc(N)c1=O)NC(=O)OC(C)(C)C. The van der Waals surface area contributed by atoms with Crippen LogP contribution >= 0.6 is 0 Å². The van der Waals surface area contributed by atoms with Gasteiger partial charge in [-0.25, -0.2) is 4.79 Å². The molecule has 1 rings (SSSR count). The maximum absolute atomic E-state index is 12.0. The number of alkyl carbamates (subject to hydrolysis) is 1. The first-order chi connectivity index (χ1) is 10.4. The highest BCUT2D eigenvalue weighted by Crippen LogP contribution is 2.09. The van der Waals surface area contributed by atoms with Gasteiger partial charge in [0, 0.05) is 6.20 Å². The Labute approximate surface area is 136 Å². The fourth-order valence-electron chi connectivity index (χ4n) is 1.77. The number of carbonyl (C=O) groups is 1. The number of rotatable bonds is 2. The summed E-state index contributed by atoms with van der Waals surface area (Å²) >= 11 is 0. The summed E-state index contributed by atoms with van der Waals surface area (Å²) < 4.78 is 6.62. The van der Waals surface area contributed by atoms with Crippen molar-refractivity contribution >= 4 is 17.6 Å². The summed E-state index contributed by atoms with van der Waals surface area (Å²) in [5.41, 5.74) is 4.39. The van der Waals surface area contributed by atoms with Crippen LogP contribution in [0.5, 0.6) is 0 Å². The molecule has 0 atom stereocenters. The maximum Gasteiger partial charge on any atom is 0.413 e. The second-order valence-electron chi connectivity index (χ2n) is 7.25. The molecular weight excluding hydrogens is 296 g/mol. The summed E-state index contributed by atoms with van der Waals surface area (Å²) in [4.78, 5) is 28.4. The number of aromatic nitrogens is 1. The zero-order valence-electron chi connectivity index (χ0n) is 14.6. The fraction of sp³-hybridized carbons (Fsp3) is 0.562. The lowest BCUT2D eigenvalue weighted by atomic mass is 10.1. The van der Waals surface area contributed by atoms with E-state index in [0.29, 0.717) is 5.84 Å². The number of anilines is 1. The number of carbonyl (C=O) groups excluding carboxylic acids is 1. The van der Waals surface area contributed by atoms with E-state index in [1.54, 1.807) is 33.0 Å². The van der Waals surface area contributed by atoms with Crippen LogP contribution in [0.2, 0.25) is 0 Å². The van der Waals surface area contributed by atoms with Gasteiger partial charge in [-0.2, -0.15) is 0 Å². The molecule has 0 spiro atoms. The quantitative estimate of drug-likeness (QED) is 0.644. The standard InChI is InChI=1S/C16H26N4O3/c1-15(2,3)19-12(18-14(22)23-16(4,5)6)10-20-9-7-8-11(17)13(20)21/h7-9H,10,17H2,1-6H3,(H,18,19,22). The van der Waals surface area contributed by atoms with E-state index in [1.165, 1.54) is 10.6 Å². The first-order valence-corrected chi connectivity index (χ1v) is 7.41. The highest BCUT2D eigenvalue weighted by Gasteiger charge is 2.19. The van der Waals surface area contributed by atoms with Crippen LogP contribution in [-0.2, 0) is 11.3 Å². The largest absolute Gasteiger partial charge is 0.444 e. The minimum atomic E-state index is -0.620. The van der Waals surface area contributed by atoms with E-state index < -0.39 is 17.2 Å². The Morgan fingerprint density at radius 1 is 1.30 bits per heavy atom. The lowest BCUT2D eigenvalue weighted by Gasteiger charge is -2.22. The Balaban J connectivity index is 3.03. The van der Waals surface area contributed by atoms with Crippen LogP contribution in [0, 0.1) is 0 Å². The summed E-state index contributed by atoms with van der Waals surface area (Å²) in [5, 5.41) is 2.61. The first kappa shape index (κ1) is 18.7. The van der Waals surface area contributed by atoms with Gasteiger partial charge >= 0.3 is 6.09 Å². The lowest BCUT2D eigenvalue weighted by molar-refractivity contribution is 0.0561. The molecule has 3 N–H and O–H groups in total. The molecule has 0 aliphatic rings. The zero-order valence-corrected chi connectivity index (χ0v) is 14.6. The number of amidine groups is 1. The Morgan fingerprint density at radius 2 is 1.91 bits per heavy atom. The number of nitrogens with two attached hydrogens (primary N) is 1. The number of hydrogen-bond acceptors (Lipinski definition) is 5. The van der Waals surface area contributed by atoms with Gasteiger partial charge in [0.1, 0.15) is 11.4 Å². The molecule has 1 aromatic heterocycles. The molecule has 7 heteroatoms. The molecule has 0 aliphatic carbocycles. The monoisotopic (exact) mass is 322 g/mol. The normalized spacial score (nSPS) is 12.9. The number of pyridine rings is 1. The van der Waals surface area contributed by atoms with Crippen molar-refractivity contribution in [3.63, 3.8) is 0 Å². The summed E-state index contributed by atoms with van der Waals surface area (Å²) in [5.74, 6) is 0.333. The van der Waals surface area contributed by atoms with Crippen molar-refractivity contribution in [3.8, 4) is 0 Å². The van der Waals surface area contributed by atoms with Crippen LogP contribution in [0.25, 0.3) is 0 Å². The molecule has 0 fully saturated rings. The van der Waals surface area contributed by atoms with E-state index in [-0.39, 0.29) is 17.8 Å². The van der Waals surface area contributed by atoms with E-state index in [1.807, 2.05) is 20.8 Å². The third-order valence-electron chi connectivity index (χ3n) is 2.49. The Kier molecular flexibility index (Phi) is 5.58. The molecule has 0 saturated carbocycles. The van der Waals surface area contributed by atoms with Crippen molar-refractivity contribution < 1.29 is 9.53 Å². The second-order valence-corrected chi connectivity index (χ2v) is 7.25. The average molecular weight is 322 g/mol. The van der Waals surface area contributed by atoms with Crippen molar-refractivity contribution in [2.45, 2.75) is 59.2 Å². The van der Waals surface area contributed by atoms with Crippen LogP contribution in [0.15, 0.2) is 28.1 Å². The molecule has 128 valence electrons. The maximum atomic E-state index is 12.0. The molecule has 0 bridgehead atoms. The summed E-state index contributed by atoms with van der Waals surface area (Å²) in [6.45, 7) is 11.1. The molecule has 0 saturated heterocycles. The van der Waals surface area contributed by atoms with Gasteiger partial charge in [0.25, 0.3) is 5.56 Å². The molecule has 0 aromatic carbocycles. The smallest absolute Gasteiger partial charge is 0.413 e. The van der Waals surface area contributed by atoms with Crippen molar-refractivity contribution in [3.05, 3.63) is 28.7 Å². The van der Waals surface area contributed by atoms with E-state index in [2.05, 4.69) is 10.3 Å². The van der Waals surface area contributed by atoms with Gasteiger partial charge in [-0.3, -0.25) is 15.1 Å². The van der Waals surface area contributed by atoms with Crippen LogP contribution in [0.1, 0.15) is 41.5 Å². The topological polar surface area (TPSA) is 98.7 Å². The number of nitrogens with zero attached hydrogens (tertiary/aromatic N) is 2. The van der Waals surface area contributed by atoms with Crippen molar-refractivity contribution in [2.75, 3.05) is 5.73 Å². The minimum Gasteiger partial charge on any atom is -0.444 e. The molecule has 0 aliphatic heterocycles. The van der Waals surface area contributed by atoms with Gasteiger partial charge < -0.3 is 15.0 Å². The Bertz CT molecular complexity index is 649. The lowest BCUT2D eigenvalue weighted by Crippen LogP contribution is -2.41. The van der Waals surface area contributed by atoms with E-state index >= 15 is 0 Å². The van der Waals surface area contributed by atoms with Crippen LogP contribution in [-0.4, -0.2) is 27.6 Å². The predicted octanol–water partition coefficient (Wildman–Crippen LogP) is 2.15. The number of aliphatic imine (C=N–C) groups is 1. The molecule has 7 nitrogen and oxygen atoms in total. The number of nitrogen functional groups attached to an aromatic ring is 1. The number of amides is 1. The van der Waals surface area contributed by atoms with Gasteiger partial charge in [0.05, 0.1) is 17.8 Å². The van der Waals surface area contributed by atoms with Gasteiger partial charge in [0.2, 0.25) is 0 Å². The van der Waals surface area contributed by atoms with Crippen molar-refractivity contribution in [2.24, 2.45) is 4.99 Å². The predicted molar refractivity (Wildman–Crippen MR) is 91.7 cm³/mol. The highest BCUT2D eigenvalue weighted by atomic mass is 16.6. The van der Waals surface area contributed by atoms with Crippen LogP contribution in [0.4, 0.5) is 10.5 Å². The Morgan fingerprint density at radius 3 is 2.43 bits per heavy atom. The summed E-state index contributed by atoms with van der Waals surface area (Å²) in [6.07, 6.45) is 0.977. The number of ether oxygens (including phenoxy) is 1. The molecule has 1 heterocycles. The molecule has 0 unspecified atom stereocenters. The van der Waals surface area contributed by atoms with E-state index in [9.17, 15) is 9.59 Å². The van der Waals surface area contributed by atoms with E-state index in [4.69, 9.17) is 10.5 Å².